The molecule has 0 spiro atoms. The van der Waals surface area contributed by atoms with Gasteiger partial charge in [0, 0.05) is 37.0 Å². The Labute approximate surface area is 298 Å². The minimum atomic E-state index is -0.625. The van der Waals surface area contributed by atoms with E-state index in [4.69, 9.17) is 0 Å². The van der Waals surface area contributed by atoms with Crippen LogP contribution in [0.4, 0.5) is 5.69 Å². The van der Waals surface area contributed by atoms with Crippen LogP contribution in [0.15, 0.2) is 122 Å². The van der Waals surface area contributed by atoms with Crippen molar-refractivity contribution in [1.29, 1.82) is 0 Å². The number of anilines is 1. The SMILES string of the molecule is CCN1/C(=C/C=C2\CCC(/C=C/c3sc4ccc5ccccc5c4[n+]3CC)=C2c2c([O-])n(C)c(=O)n(C)c2=O)Sc2ccc3ccccc3c21. The molecule has 4 aromatic carbocycles. The molecule has 0 amide bonds. The molecule has 250 valence electrons. The van der Waals surface area contributed by atoms with E-state index in [9.17, 15) is 14.7 Å². The quantitative estimate of drug-likeness (QED) is 0.167. The van der Waals surface area contributed by atoms with Gasteiger partial charge in [-0.3, -0.25) is 9.36 Å². The maximum atomic E-state index is 13.7. The third kappa shape index (κ3) is 5.06. The summed E-state index contributed by atoms with van der Waals surface area (Å²) in [6.07, 6.45) is 9.70. The fourth-order valence-corrected chi connectivity index (χ4v) is 9.68. The van der Waals surface area contributed by atoms with Gasteiger partial charge in [0.25, 0.3) is 10.6 Å². The van der Waals surface area contributed by atoms with Crippen molar-refractivity contribution < 1.29 is 9.67 Å². The van der Waals surface area contributed by atoms with E-state index in [0.717, 1.165) is 43.4 Å². The summed E-state index contributed by atoms with van der Waals surface area (Å²) < 4.78 is 5.61. The van der Waals surface area contributed by atoms with Gasteiger partial charge in [-0.1, -0.05) is 89.8 Å². The number of thiazole rings is 1. The molecule has 8 rings (SSSR count). The van der Waals surface area contributed by atoms with Crippen molar-refractivity contribution in [3.05, 3.63) is 139 Å². The Balaban J connectivity index is 1.27. The minimum Gasteiger partial charge on any atom is -0.859 e. The first-order valence-corrected chi connectivity index (χ1v) is 18.5. The number of benzene rings is 4. The second kappa shape index (κ2) is 12.6. The van der Waals surface area contributed by atoms with Gasteiger partial charge in [0.2, 0.25) is 5.52 Å². The summed E-state index contributed by atoms with van der Waals surface area (Å²) in [5.74, 6) is -0.569. The molecule has 0 saturated heterocycles. The lowest BCUT2D eigenvalue weighted by molar-refractivity contribution is -0.664. The third-order valence-corrected chi connectivity index (χ3v) is 12.1. The van der Waals surface area contributed by atoms with E-state index in [1.807, 2.05) is 0 Å². The smallest absolute Gasteiger partial charge is 0.329 e. The number of rotatable bonds is 6. The van der Waals surface area contributed by atoms with E-state index in [-0.39, 0.29) is 5.56 Å². The number of nitrogens with zero attached hydrogens (tertiary/aromatic N) is 4. The third-order valence-electron chi connectivity index (χ3n) is 9.88. The van der Waals surface area contributed by atoms with Gasteiger partial charge in [-0.15, -0.1) is 0 Å². The van der Waals surface area contributed by atoms with Crippen LogP contribution in [0.1, 0.15) is 37.3 Å². The highest BCUT2D eigenvalue weighted by Gasteiger charge is 2.28. The highest BCUT2D eigenvalue weighted by atomic mass is 32.2. The van der Waals surface area contributed by atoms with Crippen LogP contribution < -0.4 is 25.8 Å². The Hall–Kier alpha value is -5.12. The summed E-state index contributed by atoms with van der Waals surface area (Å²) in [5, 5.41) is 20.7. The maximum absolute atomic E-state index is 13.7. The number of fused-ring (bicyclic) bond motifs is 6. The highest BCUT2D eigenvalue weighted by molar-refractivity contribution is 8.03. The predicted octanol–water partition coefficient (Wildman–Crippen LogP) is 7.65. The van der Waals surface area contributed by atoms with Crippen molar-refractivity contribution in [2.45, 2.75) is 38.1 Å². The summed E-state index contributed by atoms with van der Waals surface area (Å²) in [5.41, 5.74) is 3.72. The number of allylic oxidation sites excluding steroid dienone is 6. The van der Waals surface area contributed by atoms with Gasteiger partial charge in [-0.05, 0) is 84.3 Å². The topological polar surface area (TPSA) is 74.2 Å². The lowest BCUT2D eigenvalue weighted by atomic mass is 9.99. The van der Waals surface area contributed by atoms with E-state index >= 15 is 0 Å². The first kappa shape index (κ1) is 32.1. The van der Waals surface area contributed by atoms with Crippen LogP contribution >= 0.6 is 23.1 Å². The molecule has 3 heterocycles. The molecule has 2 aliphatic rings. The number of hydrogen-bond acceptors (Lipinski definition) is 6. The summed E-state index contributed by atoms with van der Waals surface area (Å²) in [7, 11) is 2.87. The molecule has 0 unspecified atom stereocenters. The van der Waals surface area contributed by atoms with Crippen LogP contribution in [0.2, 0.25) is 0 Å². The lowest BCUT2D eigenvalue weighted by Gasteiger charge is -2.21. The van der Waals surface area contributed by atoms with E-state index < -0.39 is 17.1 Å². The largest absolute Gasteiger partial charge is 0.859 e. The van der Waals surface area contributed by atoms with Crippen molar-refractivity contribution in [2.75, 3.05) is 11.4 Å². The van der Waals surface area contributed by atoms with E-state index in [1.165, 1.54) is 56.4 Å². The van der Waals surface area contributed by atoms with E-state index in [1.54, 1.807) is 23.1 Å². The Morgan fingerprint density at radius 2 is 1.56 bits per heavy atom. The lowest BCUT2D eigenvalue weighted by Crippen LogP contribution is -2.40. The summed E-state index contributed by atoms with van der Waals surface area (Å²) in [4.78, 5) is 30.0. The van der Waals surface area contributed by atoms with Crippen molar-refractivity contribution in [3.8, 4) is 5.88 Å². The molecule has 0 saturated carbocycles. The normalized spacial score (nSPS) is 16.4. The number of aryl methyl sites for hydroxylation is 1. The average Bonchev–Trinajstić information content (AvgIpc) is 3.84. The predicted molar refractivity (Wildman–Crippen MR) is 206 cm³/mol. The molecule has 9 heteroatoms. The minimum absolute atomic E-state index is 0.0443. The molecule has 0 bridgehead atoms. The van der Waals surface area contributed by atoms with Gasteiger partial charge in [0.05, 0.1) is 21.7 Å². The molecular weight excluding hydrogens is 661 g/mol. The van der Waals surface area contributed by atoms with E-state index in [0.29, 0.717) is 18.4 Å². The summed E-state index contributed by atoms with van der Waals surface area (Å²) in [6.45, 7) is 5.90. The zero-order valence-corrected chi connectivity index (χ0v) is 30.0. The van der Waals surface area contributed by atoms with Gasteiger partial charge in [-0.2, -0.15) is 4.57 Å². The van der Waals surface area contributed by atoms with Crippen LogP contribution in [-0.4, -0.2) is 15.7 Å². The Kier molecular flexibility index (Phi) is 8.12. The Morgan fingerprint density at radius 3 is 2.32 bits per heavy atom. The summed E-state index contributed by atoms with van der Waals surface area (Å²) in [6, 6.07) is 25.6. The molecule has 6 aromatic rings. The van der Waals surface area contributed by atoms with Crippen LogP contribution in [0, 0.1) is 0 Å². The van der Waals surface area contributed by atoms with Crippen molar-refractivity contribution in [2.24, 2.45) is 14.1 Å². The average molecular weight is 697 g/mol. The zero-order chi connectivity index (χ0) is 34.7. The number of thioether (sulfide) groups is 1. The van der Waals surface area contributed by atoms with Crippen LogP contribution in [-0.2, 0) is 20.6 Å². The van der Waals surface area contributed by atoms with Gasteiger partial charge in [0.15, 0.2) is 0 Å². The van der Waals surface area contributed by atoms with Gasteiger partial charge in [-0.25, -0.2) is 4.79 Å². The highest BCUT2D eigenvalue weighted by Crippen LogP contribution is 2.50. The van der Waals surface area contributed by atoms with Crippen molar-refractivity contribution >= 4 is 72.2 Å². The van der Waals surface area contributed by atoms with Gasteiger partial charge in [0.1, 0.15) is 11.2 Å². The van der Waals surface area contributed by atoms with Gasteiger partial charge >= 0.3 is 5.69 Å². The van der Waals surface area contributed by atoms with Crippen molar-refractivity contribution in [3.63, 3.8) is 0 Å². The molecule has 0 N–H and O–H groups in total. The molecule has 1 aliphatic carbocycles. The maximum Gasteiger partial charge on any atom is 0.329 e. The Bertz CT molecular complexity index is 2640. The van der Waals surface area contributed by atoms with Crippen LogP contribution in [0.3, 0.4) is 0 Å². The van der Waals surface area contributed by atoms with Gasteiger partial charge < -0.3 is 14.6 Å². The molecule has 0 atom stereocenters. The fraction of sp³-hybridized carbons (Fsp3) is 0.195. The fourth-order valence-electron chi connectivity index (χ4n) is 7.39. The number of aromatic nitrogens is 3. The first-order valence-electron chi connectivity index (χ1n) is 16.9. The first-order chi connectivity index (χ1) is 24.3. The van der Waals surface area contributed by atoms with Crippen molar-refractivity contribution in [1.82, 2.24) is 9.13 Å². The second-order valence-electron chi connectivity index (χ2n) is 12.6. The molecule has 50 heavy (non-hydrogen) atoms. The molecular formula is C41H36N4O3S2. The number of hydrogen-bond donors (Lipinski definition) is 0. The molecule has 1 aliphatic heterocycles. The van der Waals surface area contributed by atoms with Crippen LogP contribution in [0.25, 0.3) is 43.4 Å². The summed E-state index contributed by atoms with van der Waals surface area (Å²) >= 11 is 3.46. The zero-order valence-electron chi connectivity index (χ0n) is 28.4. The second-order valence-corrected chi connectivity index (χ2v) is 14.7. The van der Waals surface area contributed by atoms with Crippen LogP contribution in [0.5, 0.6) is 5.88 Å². The standard InChI is InChI=1S/C41H36N4O3S2/c1-5-44-33(49-31-21-17-25-11-7-9-13-29(25)37(31)44)23-19-27-15-16-28(35(27)36-39(46)42(3)41(48)43(4)40(36)47)20-24-34-45(6-2)38-30-14-10-8-12-26(30)18-22-32(38)50-34/h7-14,17-24H,5-6,15-16H2,1-4H3/b27-19+,33-23-. The molecule has 2 aromatic heterocycles. The molecule has 0 fully saturated rings. The monoisotopic (exact) mass is 696 g/mol. The Morgan fingerprint density at radius 1 is 0.840 bits per heavy atom. The molecule has 0 radical (unpaired) electrons. The van der Waals surface area contributed by atoms with E-state index in [2.05, 4.69) is 120 Å². The molecule has 7 nitrogen and oxygen atoms in total.